The zero-order chi connectivity index (χ0) is 45.9. The number of rotatable bonds is 12. The Labute approximate surface area is 384 Å². The van der Waals surface area contributed by atoms with Crippen molar-refractivity contribution in [2.24, 2.45) is 28.3 Å². The zero-order valence-electron chi connectivity index (χ0n) is 37.2. The van der Waals surface area contributed by atoms with Gasteiger partial charge in [0.2, 0.25) is 11.8 Å². The van der Waals surface area contributed by atoms with Crippen molar-refractivity contribution < 1.29 is 33.5 Å². The first kappa shape index (κ1) is 44.8. The van der Waals surface area contributed by atoms with Crippen molar-refractivity contribution in [1.29, 1.82) is 0 Å². The summed E-state index contributed by atoms with van der Waals surface area (Å²) in [5, 5.41) is 9.51. The molecule has 16 nitrogen and oxygen atoms in total. The van der Waals surface area contributed by atoms with Gasteiger partial charge in [-0.2, -0.15) is 0 Å². The number of fused-ring (bicyclic) bond motifs is 1. The van der Waals surface area contributed by atoms with Gasteiger partial charge in [-0.1, -0.05) is 18.2 Å². The summed E-state index contributed by atoms with van der Waals surface area (Å²) >= 11 is 0. The maximum absolute atomic E-state index is 13.6. The molecular formula is C50H59N9O7. The number of benzene rings is 3. The predicted octanol–water partition coefficient (Wildman–Crippen LogP) is 3.96. The van der Waals surface area contributed by atoms with Gasteiger partial charge in [0.05, 0.1) is 22.9 Å². The second-order valence-electron chi connectivity index (χ2n) is 18.6. The van der Waals surface area contributed by atoms with Gasteiger partial charge < -0.3 is 36.6 Å². The number of hydrogen-bond acceptors (Lipinski definition) is 12. The monoisotopic (exact) mass is 897 g/mol. The number of amidine groups is 1. The summed E-state index contributed by atoms with van der Waals surface area (Å²) < 4.78 is 5.92. The molecule has 6 amide bonds. The molecule has 16 heteroatoms. The van der Waals surface area contributed by atoms with Gasteiger partial charge in [0, 0.05) is 50.2 Å². The number of piperidine rings is 3. The molecule has 346 valence electrons. The third-order valence-electron chi connectivity index (χ3n) is 14.4. The number of likely N-dealkylation sites (tertiary alicyclic amines) is 2. The molecule has 5 aliphatic heterocycles. The quantitative estimate of drug-likeness (QED) is 0.129. The normalized spacial score (nSPS) is 24.8. The van der Waals surface area contributed by atoms with E-state index < -0.39 is 35.6 Å². The number of nitrogens with one attached hydrogen (secondary N) is 3. The minimum Gasteiger partial charge on any atom is -0.457 e. The first-order valence-electron chi connectivity index (χ1n) is 23.6. The first-order valence-corrected chi connectivity index (χ1v) is 23.6. The number of amides is 6. The fraction of sp³-hybridized carbons (Fsp3) is 0.460. The largest absolute Gasteiger partial charge is 0.457 e. The lowest BCUT2D eigenvalue weighted by Gasteiger charge is -2.40. The lowest BCUT2D eigenvalue weighted by Crippen LogP contribution is -2.54. The molecule has 3 aromatic rings. The zero-order valence-corrected chi connectivity index (χ0v) is 37.2. The maximum Gasteiger partial charge on any atom is 0.262 e. The van der Waals surface area contributed by atoms with Crippen LogP contribution in [0.1, 0.15) is 107 Å². The van der Waals surface area contributed by atoms with Crippen LogP contribution in [0.4, 0.5) is 0 Å². The Kier molecular flexibility index (Phi) is 13.3. The third kappa shape index (κ3) is 9.75. The van der Waals surface area contributed by atoms with Crippen LogP contribution in [0.25, 0.3) is 5.70 Å². The molecule has 66 heavy (non-hydrogen) atoms. The molecule has 1 unspecified atom stereocenters. The number of carbonyl (C=O) groups is 6. The summed E-state index contributed by atoms with van der Waals surface area (Å²) in [5.41, 5.74) is 14.3. The minimum atomic E-state index is -1.05. The fourth-order valence-corrected chi connectivity index (χ4v) is 10.7. The van der Waals surface area contributed by atoms with Crippen LogP contribution in [0, 0.1) is 11.8 Å². The molecule has 3 aromatic carbocycles. The van der Waals surface area contributed by atoms with E-state index in [1.165, 1.54) is 12.1 Å². The van der Waals surface area contributed by atoms with Crippen LogP contribution in [0.5, 0.6) is 11.5 Å². The number of imide groups is 2. The van der Waals surface area contributed by atoms with E-state index >= 15 is 0 Å². The number of nitrogens with zero attached hydrogens (tertiary/aromatic N) is 4. The molecule has 0 spiro atoms. The molecule has 0 aromatic heterocycles. The molecule has 6 aliphatic rings. The number of aliphatic imine (C=N–C) groups is 1. The minimum absolute atomic E-state index is 0.0459. The van der Waals surface area contributed by atoms with E-state index in [1.807, 2.05) is 59.5 Å². The van der Waals surface area contributed by atoms with Crippen LogP contribution in [0.2, 0.25) is 0 Å². The molecule has 0 bridgehead atoms. The van der Waals surface area contributed by atoms with Crippen LogP contribution in [0.15, 0.2) is 83.4 Å². The van der Waals surface area contributed by atoms with Crippen molar-refractivity contribution in [3.63, 3.8) is 0 Å². The number of carbonyl (C=O) groups excluding carboxylic acids is 6. The molecular weight excluding hydrogens is 839 g/mol. The molecule has 9 rings (SSSR count). The number of nitrogens with two attached hydrogens (primary N) is 2. The van der Waals surface area contributed by atoms with Gasteiger partial charge in [-0.15, -0.1) is 0 Å². The number of hydrogen-bond donors (Lipinski definition) is 5. The van der Waals surface area contributed by atoms with Gasteiger partial charge in [-0.05, 0) is 149 Å². The molecule has 3 saturated heterocycles. The van der Waals surface area contributed by atoms with Crippen molar-refractivity contribution in [3.8, 4) is 11.5 Å². The summed E-state index contributed by atoms with van der Waals surface area (Å²) in [6.07, 6.45) is 9.35. The smallest absolute Gasteiger partial charge is 0.262 e. The standard InChI is InChI=1S/C50H59N9O7/c51-44(32-8-13-37(14-9-32)66-36-4-2-1-3-5-36)43(45(52)61)46-53-23-18-40(55-46)31-6-11-34(12-7-31)54-35-21-24-57(25-22-35)29-30-19-26-58(27-20-30)48(63)33-10-15-38-39(28-33)50(65)59(49(38)64)41-16-17-42(60)56-47(41)62/h1-5,8-10,13-15,28,30-31,34-35,40-41,54H,6-7,11-12,16-27,29,51H2,(H2,52,61)(H,53,55)(H,56,60,62)/t31?,34?,40-,41?/m0/s1. The van der Waals surface area contributed by atoms with Crippen LogP contribution in [-0.2, 0) is 14.4 Å². The second-order valence-corrected chi connectivity index (χ2v) is 18.6. The van der Waals surface area contributed by atoms with E-state index in [1.54, 1.807) is 6.07 Å². The summed E-state index contributed by atoms with van der Waals surface area (Å²) in [7, 11) is 0. The molecule has 2 atom stereocenters. The highest BCUT2D eigenvalue weighted by atomic mass is 16.5. The van der Waals surface area contributed by atoms with Gasteiger partial charge in [-0.3, -0.25) is 44.0 Å². The number of para-hydroxylation sites is 1. The van der Waals surface area contributed by atoms with Crippen molar-refractivity contribution in [3.05, 3.63) is 101 Å². The van der Waals surface area contributed by atoms with E-state index in [0.717, 1.165) is 88.1 Å². The van der Waals surface area contributed by atoms with E-state index in [9.17, 15) is 28.8 Å². The van der Waals surface area contributed by atoms with E-state index in [0.29, 0.717) is 66.3 Å². The lowest BCUT2D eigenvalue weighted by molar-refractivity contribution is -0.136. The fourth-order valence-electron chi connectivity index (χ4n) is 10.7. The molecule has 1 saturated carbocycles. The van der Waals surface area contributed by atoms with Gasteiger partial charge >= 0.3 is 0 Å². The predicted molar refractivity (Wildman–Crippen MR) is 247 cm³/mol. The molecule has 1 aliphatic carbocycles. The van der Waals surface area contributed by atoms with Crippen LogP contribution in [0.3, 0.4) is 0 Å². The highest BCUT2D eigenvalue weighted by molar-refractivity contribution is 6.25. The summed E-state index contributed by atoms with van der Waals surface area (Å²) in [6, 6.07) is 21.4. The Balaban J connectivity index is 0.704. The van der Waals surface area contributed by atoms with Crippen LogP contribution < -0.4 is 32.2 Å². The maximum atomic E-state index is 13.6. The second kappa shape index (κ2) is 19.6. The first-order chi connectivity index (χ1) is 32.0. The summed E-state index contributed by atoms with van der Waals surface area (Å²) in [5.74, 6) is -0.298. The highest BCUT2D eigenvalue weighted by Crippen LogP contribution is 2.34. The van der Waals surface area contributed by atoms with Gasteiger partial charge in [-0.25, -0.2) is 0 Å². The molecule has 7 N–H and O–H groups in total. The van der Waals surface area contributed by atoms with E-state index in [2.05, 4.69) is 20.9 Å². The Bertz CT molecular complexity index is 2410. The van der Waals surface area contributed by atoms with Crippen molar-refractivity contribution >= 4 is 47.0 Å². The van der Waals surface area contributed by atoms with Gasteiger partial charge in [0.15, 0.2) is 0 Å². The van der Waals surface area contributed by atoms with Crippen molar-refractivity contribution in [1.82, 2.24) is 30.7 Å². The number of ether oxygens (including phenoxy) is 1. The SMILES string of the molecule is NC(=O)C(C1=N[C@H](C2CCC(NC3CCN(CC4CCN(C(=O)c5ccc6c(c5)C(=O)N(C5CCC(=O)NC5=O)C6=O)CC4)CC3)CC2)CCN1)=C(N)c1ccc(Oc2ccccc2)cc1. The average Bonchev–Trinajstić information content (AvgIpc) is 3.58. The Morgan fingerprint density at radius 1 is 0.727 bits per heavy atom. The van der Waals surface area contributed by atoms with Crippen LogP contribution in [-0.4, -0.2) is 119 Å². The topological polar surface area (TPSA) is 222 Å². The average molecular weight is 898 g/mol. The Morgan fingerprint density at radius 3 is 2.09 bits per heavy atom. The van der Waals surface area contributed by atoms with E-state index in [4.69, 9.17) is 21.2 Å². The Morgan fingerprint density at radius 2 is 1.39 bits per heavy atom. The van der Waals surface area contributed by atoms with Crippen molar-refractivity contribution in [2.75, 3.05) is 39.3 Å². The molecule has 4 fully saturated rings. The number of primary amides is 1. The molecule has 0 radical (unpaired) electrons. The van der Waals surface area contributed by atoms with Crippen molar-refractivity contribution in [2.45, 2.75) is 94.8 Å². The third-order valence-corrected chi connectivity index (χ3v) is 14.4. The summed E-state index contributed by atoms with van der Waals surface area (Å²) in [4.78, 5) is 87.3. The lowest BCUT2D eigenvalue weighted by atomic mass is 9.80. The highest BCUT2D eigenvalue weighted by Gasteiger charge is 2.45. The van der Waals surface area contributed by atoms with Gasteiger partial charge in [0.25, 0.3) is 23.6 Å². The summed E-state index contributed by atoms with van der Waals surface area (Å²) in [6.45, 7) is 5.04. The molecule has 5 heterocycles. The van der Waals surface area contributed by atoms with E-state index in [-0.39, 0.29) is 47.2 Å². The Hall–Kier alpha value is -6.39. The van der Waals surface area contributed by atoms with Gasteiger partial charge in [0.1, 0.15) is 28.9 Å². The van der Waals surface area contributed by atoms with Crippen LogP contribution >= 0.6 is 0 Å².